The molecule has 1 N–H and O–H groups in total. The van der Waals surface area contributed by atoms with E-state index in [1.54, 1.807) is 25.1 Å². The van der Waals surface area contributed by atoms with Gasteiger partial charge in [-0.1, -0.05) is 24.8 Å². The Morgan fingerprint density at radius 3 is 2.61 bits per heavy atom. The maximum absolute atomic E-state index is 13.7. The van der Waals surface area contributed by atoms with Crippen LogP contribution in [0.5, 0.6) is 17.2 Å². The van der Waals surface area contributed by atoms with Crippen molar-refractivity contribution in [2.45, 2.75) is 37.4 Å². The van der Waals surface area contributed by atoms with Crippen LogP contribution >= 0.6 is 0 Å². The van der Waals surface area contributed by atoms with Crippen LogP contribution in [0.1, 0.15) is 25.0 Å². The average Bonchev–Trinajstić information content (AvgIpc) is 3.33. The molecular weight excluding hydrogens is 506 g/mol. The van der Waals surface area contributed by atoms with Crippen molar-refractivity contribution in [3.8, 4) is 29.1 Å². The van der Waals surface area contributed by atoms with E-state index in [1.807, 2.05) is 51.2 Å². The number of hydrogen-bond acceptors (Lipinski definition) is 8. The van der Waals surface area contributed by atoms with Gasteiger partial charge in [-0.2, -0.15) is 4.31 Å². The van der Waals surface area contributed by atoms with Gasteiger partial charge in [-0.25, -0.2) is 8.42 Å². The van der Waals surface area contributed by atoms with Gasteiger partial charge in [0.1, 0.15) is 16.7 Å². The predicted molar refractivity (Wildman–Crippen MR) is 145 cm³/mol. The summed E-state index contributed by atoms with van der Waals surface area (Å²) in [5, 5.41) is 9.86. The van der Waals surface area contributed by atoms with E-state index in [0.29, 0.717) is 25.2 Å². The number of hydrogen-bond donors (Lipinski definition) is 1. The molecule has 2 aromatic carbocycles. The van der Waals surface area contributed by atoms with Crippen molar-refractivity contribution in [2.24, 2.45) is 5.92 Å². The van der Waals surface area contributed by atoms with E-state index in [0.717, 1.165) is 17.1 Å². The number of nitrogens with zero attached hydrogens (tertiary/aromatic N) is 3. The minimum Gasteiger partial charge on any atom is -0.487 e. The molecule has 0 bridgehead atoms. The van der Waals surface area contributed by atoms with Gasteiger partial charge in [0.05, 0.1) is 13.2 Å². The lowest BCUT2D eigenvalue weighted by Gasteiger charge is -2.37. The van der Waals surface area contributed by atoms with Crippen LogP contribution in [0.2, 0.25) is 0 Å². The molecule has 206 valence electrons. The van der Waals surface area contributed by atoms with E-state index in [-0.39, 0.29) is 42.6 Å². The van der Waals surface area contributed by atoms with Gasteiger partial charge in [-0.15, -0.1) is 0 Å². The molecule has 2 aromatic rings. The van der Waals surface area contributed by atoms with Gasteiger partial charge in [0.2, 0.25) is 16.8 Å². The number of ether oxygens (including phenoxy) is 3. The first-order valence-corrected chi connectivity index (χ1v) is 14.2. The number of aliphatic hydroxyl groups excluding tert-OH is 1. The Morgan fingerprint density at radius 2 is 1.87 bits per heavy atom. The van der Waals surface area contributed by atoms with Crippen LogP contribution in [-0.2, 0) is 16.6 Å². The molecule has 0 unspecified atom stereocenters. The Balaban J connectivity index is 1.63. The van der Waals surface area contributed by atoms with E-state index < -0.39 is 16.1 Å². The smallest absolute Gasteiger partial charge is 0.247 e. The molecule has 38 heavy (non-hydrogen) atoms. The summed E-state index contributed by atoms with van der Waals surface area (Å²) >= 11 is 0. The fourth-order valence-corrected chi connectivity index (χ4v) is 6.37. The normalized spacial score (nSPS) is 21.2. The Hall–Kier alpha value is -2.81. The minimum absolute atomic E-state index is 0.0892. The maximum Gasteiger partial charge on any atom is 0.247 e. The van der Waals surface area contributed by atoms with Gasteiger partial charge in [0, 0.05) is 37.2 Å². The highest BCUT2D eigenvalue weighted by molar-refractivity contribution is 7.89. The molecule has 4 rings (SSSR count). The monoisotopic (exact) mass is 543 g/mol. The van der Waals surface area contributed by atoms with Crippen LogP contribution in [0.15, 0.2) is 41.3 Å². The molecule has 0 radical (unpaired) electrons. The van der Waals surface area contributed by atoms with E-state index in [1.165, 1.54) is 4.31 Å². The Labute approximate surface area is 225 Å². The second-order valence-electron chi connectivity index (χ2n) is 10.3. The van der Waals surface area contributed by atoms with Gasteiger partial charge in [-0.3, -0.25) is 9.80 Å². The van der Waals surface area contributed by atoms with E-state index in [4.69, 9.17) is 14.2 Å². The van der Waals surface area contributed by atoms with Gasteiger partial charge in [-0.05, 0) is 64.0 Å². The van der Waals surface area contributed by atoms with E-state index in [9.17, 15) is 13.5 Å². The number of fused-ring (bicyclic) bond motifs is 2. The maximum atomic E-state index is 13.7. The Morgan fingerprint density at radius 1 is 1.11 bits per heavy atom. The van der Waals surface area contributed by atoms with Crippen LogP contribution in [-0.4, -0.2) is 94.0 Å². The molecule has 0 aromatic heterocycles. The predicted octanol–water partition coefficient (Wildman–Crippen LogP) is 2.23. The van der Waals surface area contributed by atoms with Gasteiger partial charge in [0.25, 0.3) is 0 Å². The van der Waals surface area contributed by atoms with Crippen molar-refractivity contribution in [1.29, 1.82) is 0 Å². The number of benzene rings is 2. The van der Waals surface area contributed by atoms with Crippen molar-refractivity contribution >= 4 is 10.0 Å². The molecule has 0 saturated heterocycles. The van der Waals surface area contributed by atoms with Crippen LogP contribution in [0, 0.1) is 17.8 Å². The molecule has 3 atom stereocenters. The summed E-state index contributed by atoms with van der Waals surface area (Å²) in [6, 6.07) is 10.3. The minimum atomic E-state index is -3.89. The standard InChI is InChI=1S/C28H37N3O6S/c1-20-15-31(21(2)18-32)38(33,34)28-11-9-22(7-6-12-29(3)4)13-26(28)37-27(20)17-30(5)16-23-8-10-24-25(14-23)36-19-35-24/h8-11,13-14,20-21,27,32H,12,15-19H2,1-5H3/t20-,21-,27-/m1/s1. The number of rotatable bonds is 7. The van der Waals surface area contributed by atoms with Crippen LogP contribution < -0.4 is 14.2 Å². The quantitative estimate of drug-likeness (QED) is 0.532. The number of likely N-dealkylation sites (N-methyl/N-ethyl adjacent to an activating group) is 1. The second-order valence-corrected chi connectivity index (χ2v) is 12.2. The second kappa shape index (κ2) is 11.9. The number of aliphatic hydroxyl groups is 1. The van der Waals surface area contributed by atoms with E-state index in [2.05, 4.69) is 16.7 Å². The zero-order valence-electron chi connectivity index (χ0n) is 22.7. The zero-order valence-corrected chi connectivity index (χ0v) is 23.5. The molecule has 0 saturated carbocycles. The summed E-state index contributed by atoms with van der Waals surface area (Å²) in [5.74, 6) is 7.81. The Kier molecular flexibility index (Phi) is 8.85. The van der Waals surface area contributed by atoms with Crippen LogP contribution in [0.3, 0.4) is 0 Å². The Bertz CT molecular complexity index is 1300. The summed E-state index contributed by atoms with van der Waals surface area (Å²) in [6.07, 6.45) is -0.304. The molecule has 2 aliphatic heterocycles. The highest BCUT2D eigenvalue weighted by Crippen LogP contribution is 2.35. The lowest BCUT2D eigenvalue weighted by molar-refractivity contribution is 0.0733. The summed E-state index contributed by atoms with van der Waals surface area (Å²) in [5.41, 5.74) is 1.76. The fraction of sp³-hybridized carbons (Fsp3) is 0.500. The van der Waals surface area contributed by atoms with Crippen molar-refractivity contribution in [2.75, 3.05) is 54.2 Å². The first-order chi connectivity index (χ1) is 18.1. The van der Waals surface area contributed by atoms with E-state index >= 15 is 0 Å². The number of sulfonamides is 1. The van der Waals surface area contributed by atoms with Crippen molar-refractivity contribution in [1.82, 2.24) is 14.1 Å². The molecule has 0 fully saturated rings. The summed E-state index contributed by atoms with van der Waals surface area (Å²) in [6.45, 7) is 5.69. The van der Waals surface area contributed by atoms with Gasteiger partial charge < -0.3 is 19.3 Å². The highest BCUT2D eigenvalue weighted by Gasteiger charge is 2.38. The molecule has 0 spiro atoms. The first-order valence-electron chi connectivity index (χ1n) is 12.7. The fourth-order valence-electron chi connectivity index (χ4n) is 4.54. The summed E-state index contributed by atoms with van der Waals surface area (Å²) < 4.78 is 46.1. The van der Waals surface area contributed by atoms with Gasteiger partial charge >= 0.3 is 0 Å². The first kappa shape index (κ1) is 28.2. The summed E-state index contributed by atoms with van der Waals surface area (Å²) in [4.78, 5) is 4.20. The van der Waals surface area contributed by atoms with Gasteiger partial charge in [0.15, 0.2) is 11.5 Å². The highest BCUT2D eigenvalue weighted by atomic mass is 32.2. The van der Waals surface area contributed by atoms with Crippen LogP contribution in [0.25, 0.3) is 0 Å². The largest absolute Gasteiger partial charge is 0.487 e. The molecule has 0 aliphatic carbocycles. The molecule has 2 aliphatic rings. The molecular formula is C28H37N3O6S. The topological polar surface area (TPSA) is 91.8 Å². The van der Waals surface area contributed by atoms with Crippen molar-refractivity contribution in [3.05, 3.63) is 47.5 Å². The lowest BCUT2D eigenvalue weighted by Crippen LogP contribution is -2.49. The van der Waals surface area contributed by atoms with Crippen LogP contribution in [0.4, 0.5) is 0 Å². The SMILES string of the molecule is C[C@@H]1CN([C@H](C)CO)S(=O)(=O)c2ccc(C#CCN(C)C)cc2O[C@@H]1CN(C)Cc1ccc2c(c1)OCO2. The van der Waals surface area contributed by atoms with Crippen molar-refractivity contribution < 1.29 is 27.7 Å². The third kappa shape index (κ3) is 6.42. The molecule has 10 heteroatoms. The average molecular weight is 544 g/mol. The molecule has 2 heterocycles. The summed E-state index contributed by atoms with van der Waals surface area (Å²) in [7, 11) is 1.99. The van der Waals surface area contributed by atoms with Crippen molar-refractivity contribution in [3.63, 3.8) is 0 Å². The third-order valence-electron chi connectivity index (χ3n) is 6.68. The molecule has 0 amide bonds. The lowest BCUT2D eigenvalue weighted by atomic mass is 10.0. The third-order valence-corrected chi connectivity index (χ3v) is 8.70. The zero-order chi connectivity index (χ0) is 27.4. The molecule has 9 nitrogen and oxygen atoms in total.